The van der Waals surface area contributed by atoms with Crippen LogP contribution in [0.15, 0.2) is 24.3 Å². The Morgan fingerprint density at radius 2 is 1.94 bits per heavy atom. The van der Waals surface area contributed by atoms with Crippen LogP contribution in [0, 0.1) is 6.92 Å². The highest BCUT2D eigenvalue weighted by Crippen LogP contribution is 2.37. The quantitative estimate of drug-likeness (QED) is 0.820. The maximum atomic E-state index is 3.83. The van der Waals surface area contributed by atoms with Crippen LogP contribution in [0.5, 0.6) is 0 Å². The third-order valence-corrected chi connectivity index (χ3v) is 3.99. The highest BCUT2D eigenvalue weighted by molar-refractivity contribution is 5.29. The predicted octanol–water partition coefficient (Wildman–Crippen LogP) is 4.15. The first kappa shape index (κ1) is 12.6. The van der Waals surface area contributed by atoms with Crippen molar-refractivity contribution in [3.8, 4) is 0 Å². The van der Waals surface area contributed by atoms with Crippen LogP contribution in [0.2, 0.25) is 0 Å². The molecule has 0 bridgehead atoms. The largest absolute Gasteiger partial charge is 0.307 e. The summed E-state index contributed by atoms with van der Waals surface area (Å²) in [5.74, 6) is 0. The van der Waals surface area contributed by atoms with Gasteiger partial charge in [-0.05, 0) is 38.3 Å². The van der Waals surface area contributed by atoms with Gasteiger partial charge < -0.3 is 5.32 Å². The van der Waals surface area contributed by atoms with E-state index in [4.69, 9.17) is 0 Å². The fraction of sp³-hybridized carbons (Fsp3) is 0.625. The topological polar surface area (TPSA) is 12.0 Å². The number of hydrogen-bond donors (Lipinski definition) is 1. The summed E-state index contributed by atoms with van der Waals surface area (Å²) < 4.78 is 0. The molecule has 0 spiro atoms. The summed E-state index contributed by atoms with van der Waals surface area (Å²) in [6.07, 6.45) is 7.96. The minimum Gasteiger partial charge on any atom is -0.307 e. The molecule has 0 heterocycles. The molecule has 94 valence electrons. The SMILES string of the molecule is CCCNC1(c2cccc(C)c2)CCCCC1. The van der Waals surface area contributed by atoms with E-state index in [1.165, 1.54) is 49.7 Å². The zero-order valence-electron chi connectivity index (χ0n) is 11.3. The minimum atomic E-state index is 0.264. The lowest BCUT2D eigenvalue weighted by molar-refractivity contribution is 0.234. The van der Waals surface area contributed by atoms with Gasteiger partial charge in [0.25, 0.3) is 0 Å². The smallest absolute Gasteiger partial charge is 0.0434 e. The molecular formula is C16H25N. The van der Waals surface area contributed by atoms with E-state index in [1.54, 1.807) is 0 Å². The maximum Gasteiger partial charge on any atom is 0.0434 e. The monoisotopic (exact) mass is 231 g/mol. The molecule has 1 aliphatic carbocycles. The van der Waals surface area contributed by atoms with Gasteiger partial charge >= 0.3 is 0 Å². The summed E-state index contributed by atoms with van der Waals surface area (Å²) in [6.45, 7) is 5.58. The second-order valence-corrected chi connectivity index (χ2v) is 5.44. The lowest BCUT2D eigenvalue weighted by atomic mass is 9.76. The Labute approximate surface area is 106 Å². The number of aryl methyl sites for hydroxylation is 1. The highest BCUT2D eigenvalue weighted by atomic mass is 15.0. The first-order chi connectivity index (χ1) is 8.27. The van der Waals surface area contributed by atoms with Crippen molar-refractivity contribution in [1.82, 2.24) is 5.32 Å². The summed E-state index contributed by atoms with van der Waals surface area (Å²) in [5, 5.41) is 3.83. The summed E-state index contributed by atoms with van der Waals surface area (Å²) in [5.41, 5.74) is 3.15. The van der Waals surface area contributed by atoms with E-state index in [1.807, 2.05) is 0 Å². The van der Waals surface area contributed by atoms with E-state index in [-0.39, 0.29) is 5.54 Å². The van der Waals surface area contributed by atoms with Crippen molar-refractivity contribution in [2.75, 3.05) is 6.54 Å². The van der Waals surface area contributed by atoms with Crippen LogP contribution in [0.25, 0.3) is 0 Å². The average molecular weight is 231 g/mol. The van der Waals surface area contributed by atoms with Gasteiger partial charge in [0.2, 0.25) is 0 Å². The van der Waals surface area contributed by atoms with E-state index in [0.29, 0.717) is 0 Å². The average Bonchev–Trinajstić information content (AvgIpc) is 2.37. The normalized spacial score (nSPS) is 19.2. The summed E-state index contributed by atoms with van der Waals surface area (Å²) >= 11 is 0. The van der Waals surface area contributed by atoms with Crippen LogP contribution >= 0.6 is 0 Å². The Morgan fingerprint density at radius 1 is 1.18 bits per heavy atom. The highest BCUT2D eigenvalue weighted by Gasteiger charge is 2.32. The van der Waals surface area contributed by atoms with Crippen LogP contribution in [-0.4, -0.2) is 6.54 Å². The van der Waals surface area contributed by atoms with Crippen molar-refractivity contribution < 1.29 is 0 Å². The molecule has 1 aromatic rings. The molecule has 1 saturated carbocycles. The van der Waals surface area contributed by atoms with Crippen molar-refractivity contribution in [3.63, 3.8) is 0 Å². The van der Waals surface area contributed by atoms with Gasteiger partial charge in [0.1, 0.15) is 0 Å². The Morgan fingerprint density at radius 3 is 2.59 bits per heavy atom. The van der Waals surface area contributed by atoms with Crippen molar-refractivity contribution >= 4 is 0 Å². The van der Waals surface area contributed by atoms with Gasteiger partial charge in [-0.3, -0.25) is 0 Å². The molecule has 0 radical (unpaired) electrons. The van der Waals surface area contributed by atoms with Gasteiger partial charge in [-0.1, -0.05) is 56.0 Å². The van der Waals surface area contributed by atoms with Gasteiger partial charge in [0.15, 0.2) is 0 Å². The van der Waals surface area contributed by atoms with Crippen molar-refractivity contribution in [2.24, 2.45) is 0 Å². The molecule has 1 heteroatoms. The van der Waals surface area contributed by atoms with Crippen LogP contribution in [0.1, 0.15) is 56.6 Å². The zero-order valence-corrected chi connectivity index (χ0v) is 11.3. The molecular weight excluding hydrogens is 206 g/mol. The number of rotatable bonds is 4. The number of nitrogens with one attached hydrogen (secondary N) is 1. The Hall–Kier alpha value is -0.820. The standard InChI is InChI=1S/C16H25N/c1-3-12-17-16(10-5-4-6-11-16)15-9-7-8-14(2)13-15/h7-9,13,17H,3-6,10-12H2,1-2H3. The lowest BCUT2D eigenvalue weighted by Gasteiger charge is -2.39. The molecule has 0 aromatic heterocycles. The Balaban J connectivity index is 2.25. The van der Waals surface area contributed by atoms with Crippen LogP contribution < -0.4 is 5.32 Å². The Kier molecular flexibility index (Phi) is 4.22. The van der Waals surface area contributed by atoms with Crippen molar-refractivity contribution in [3.05, 3.63) is 35.4 Å². The molecule has 1 N–H and O–H groups in total. The fourth-order valence-electron chi connectivity index (χ4n) is 3.03. The second kappa shape index (κ2) is 5.68. The molecule has 2 rings (SSSR count). The Bertz CT molecular complexity index is 350. The van der Waals surface area contributed by atoms with Crippen molar-refractivity contribution in [2.45, 2.75) is 57.9 Å². The second-order valence-electron chi connectivity index (χ2n) is 5.44. The van der Waals surface area contributed by atoms with E-state index in [2.05, 4.69) is 43.4 Å². The number of hydrogen-bond acceptors (Lipinski definition) is 1. The van der Waals surface area contributed by atoms with E-state index >= 15 is 0 Å². The molecule has 1 aliphatic rings. The minimum absolute atomic E-state index is 0.264. The molecule has 0 aliphatic heterocycles. The van der Waals surface area contributed by atoms with Crippen LogP contribution in [-0.2, 0) is 5.54 Å². The van der Waals surface area contributed by atoms with Crippen LogP contribution in [0.4, 0.5) is 0 Å². The maximum absolute atomic E-state index is 3.83. The van der Waals surface area contributed by atoms with Gasteiger partial charge in [0, 0.05) is 5.54 Å². The third-order valence-electron chi connectivity index (χ3n) is 3.99. The summed E-state index contributed by atoms with van der Waals surface area (Å²) in [7, 11) is 0. The molecule has 0 saturated heterocycles. The predicted molar refractivity (Wildman–Crippen MR) is 74.2 cm³/mol. The fourth-order valence-corrected chi connectivity index (χ4v) is 3.03. The van der Waals surface area contributed by atoms with Gasteiger partial charge in [-0.15, -0.1) is 0 Å². The number of benzene rings is 1. The van der Waals surface area contributed by atoms with E-state index < -0.39 is 0 Å². The van der Waals surface area contributed by atoms with Gasteiger partial charge in [-0.25, -0.2) is 0 Å². The van der Waals surface area contributed by atoms with E-state index in [9.17, 15) is 0 Å². The molecule has 17 heavy (non-hydrogen) atoms. The summed E-state index contributed by atoms with van der Waals surface area (Å²) in [4.78, 5) is 0. The lowest BCUT2D eigenvalue weighted by Crippen LogP contribution is -2.44. The van der Waals surface area contributed by atoms with Gasteiger partial charge in [-0.2, -0.15) is 0 Å². The molecule has 1 fully saturated rings. The van der Waals surface area contributed by atoms with E-state index in [0.717, 1.165) is 6.54 Å². The first-order valence-electron chi connectivity index (χ1n) is 7.09. The summed E-state index contributed by atoms with van der Waals surface area (Å²) in [6, 6.07) is 9.07. The zero-order chi connectivity index (χ0) is 12.1. The molecule has 1 aromatic carbocycles. The van der Waals surface area contributed by atoms with Crippen molar-refractivity contribution in [1.29, 1.82) is 0 Å². The molecule has 0 amide bonds. The van der Waals surface area contributed by atoms with Crippen LogP contribution in [0.3, 0.4) is 0 Å². The molecule has 1 nitrogen and oxygen atoms in total. The van der Waals surface area contributed by atoms with Gasteiger partial charge in [0.05, 0.1) is 0 Å². The molecule has 0 atom stereocenters. The third kappa shape index (κ3) is 2.90. The molecule has 0 unspecified atom stereocenters. The first-order valence-corrected chi connectivity index (χ1v) is 7.09.